The minimum absolute atomic E-state index is 0. The zero-order chi connectivity index (χ0) is 15.4. The highest BCUT2D eigenvalue weighted by atomic mass is 35.5. The highest BCUT2D eigenvalue weighted by Crippen LogP contribution is 2.22. The average Bonchev–Trinajstić information content (AvgIpc) is 2.49. The number of benzene rings is 1. The molecule has 2 rings (SSSR count). The van der Waals surface area contributed by atoms with Crippen LogP contribution in [0, 0.1) is 11.6 Å². The lowest BCUT2D eigenvalue weighted by atomic mass is 10.1. The van der Waals surface area contributed by atoms with Gasteiger partial charge in [-0.25, -0.2) is 8.78 Å². The molecule has 1 aromatic carbocycles. The van der Waals surface area contributed by atoms with Crippen LogP contribution in [0.4, 0.5) is 8.78 Å². The van der Waals surface area contributed by atoms with Crippen molar-refractivity contribution in [1.82, 2.24) is 10.2 Å². The lowest BCUT2D eigenvalue weighted by Gasteiger charge is -2.29. The molecule has 22 heavy (non-hydrogen) atoms. The van der Waals surface area contributed by atoms with E-state index in [2.05, 4.69) is 5.32 Å². The van der Waals surface area contributed by atoms with Gasteiger partial charge in [0.05, 0.1) is 6.04 Å². The smallest absolute Gasteiger partial charge is 0.224 e. The third-order valence-electron chi connectivity index (χ3n) is 3.82. The Balaban J connectivity index is 0.00000242. The third kappa shape index (κ3) is 4.83. The fourth-order valence-corrected chi connectivity index (χ4v) is 3.27. The van der Waals surface area contributed by atoms with Crippen molar-refractivity contribution in [2.75, 3.05) is 25.1 Å². The molecule has 124 valence electrons. The molecule has 0 saturated carbocycles. The highest BCUT2D eigenvalue weighted by molar-refractivity contribution is 7.99. The molecule has 0 spiro atoms. The number of thioether (sulfide) groups is 1. The molecule has 1 aliphatic rings. The summed E-state index contributed by atoms with van der Waals surface area (Å²) in [4.78, 5) is 13.9. The fraction of sp³-hybridized carbons (Fsp3) is 0.533. The monoisotopic (exact) mass is 350 g/mol. The molecule has 1 N–H and O–H groups in total. The van der Waals surface area contributed by atoms with E-state index in [1.54, 1.807) is 11.9 Å². The van der Waals surface area contributed by atoms with Crippen molar-refractivity contribution in [3.63, 3.8) is 0 Å². The molecule has 1 heterocycles. The summed E-state index contributed by atoms with van der Waals surface area (Å²) in [6, 6.07) is 3.67. The van der Waals surface area contributed by atoms with Gasteiger partial charge in [0.25, 0.3) is 0 Å². The zero-order valence-electron chi connectivity index (χ0n) is 12.6. The topological polar surface area (TPSA) is 32.3 Å². The number of carbonyl (C=O) groups excluding carboxylic acids is 1. The molecular weight excluding hydrogens is 330 g/mol. The Kier molecular flexibility index (Phi) is 7.59. The number of amides is 1. The van der Waals surface area contributed by atoms with Crippen molar-refractivity contribution in [3.05, 3.63) is 35.4 Å². The molecule has 1 aliphatic heterocycles. The predicted molar refractivity (Wildman–Crippen MR) is 88.5 cm³/mol. The quantitative estimate of drug-likeness (QED) is 0.906. The first-order valence-electron chi connectivity index (χ1n) is 7.00. The summed E-state index contributed by atoms with van der Waals surface area (Å²) in [5.74, 6) is 0.256. The van der Waals surface area contributed by atoms with E-state index >= 15 is 0 Å². The molecule has 0 bridgehead atoms. The normalized spacial score (nSPS) is 19.2. The Bertz CT molecular complexity index is 512. The molecule has 3 nitrogen and oxygen atoms in total. The number of carbonyl (C=O) groups is 1. The van der Waals surface area contributed by atoms with Gasteiger partial charge < -0.3 is 10.2 Å². The number of nitrogens with zero attached hydrogens (tertiary/aromatic N) is 1. The summed E-state index contributed by atoms with van der Waals surface area (Å²) < 4.78 is 26.3. The molecule has 2 atom stereocenters. The van der Waals surface area contributed by atoms with E-state index in [9.17, 15) is 13.6 Å². The molecule has 1 aromatic rings. The number of hydrogen-bond acceptors (Lipinski definition) is 3. The maximum Gasteiger partial charge on any atom is 0.224 e. The van der Waals surface area contributed by atoms with Crippen molar-refractivity contribution >= 4 is 30.1 Å². The van der Waals surface area contributed by atoms with Crippen LogP contribution >= 0.6 is 24.2 Å². The van der Waals surface area contributed by atoms with Crippen LogP contribution in [0.5, 0.6) is 0 Å². The molecule has 2 unspecified atom stereocenters. The summed E-state index contributed by atoms with van der Waals surface area (Å²) in [6.45, 7) is 2.73. The van der Waals surface area contributed by atoms with Gasteiger partial charge in [-0.15, -0.1) is 12.4 Å². The second-order valence-corrected chi connectivity index (χ2v) is 6.43. The van der Waals surface area contributed by atoms with Crippen LogP contribution in [-0.2, 0) is 4.79 Å². The van der Waals surface area contributed by atoms with Gasteiger partial charge in [0.15, 0.2) is 11.6 Å². The predicted octanol–water partition coefficient (Wildman–Crippen LogP) is 3.00. The van der Waals surface area contributed by atoms with Crippen LogP contribution in [0.25, 0.3) is 0 Å². The fourth-order valence-electron chi connectivity index (χ4n) is 2.32. The minimum atomic E-state index is -0.884. The Labute approximate surface area is 140 Å². The summed E-state index contributed by atoms with van der Waals surface area (Å²) in [6.07, 6.45) is 0.428. The van der Waals surface area contributed by atoms with Crippen LogP contribution in [0.1, 0.15) is 24.9 Å². The first kappa shape index (κ1) is 19.2. The lowest BCUT2D eigenvalue weighted by molar-refractivity contribution is -0.132. The summed E-state index contributed by atoms with van der Waals surface area (Å²) in [5.41, 5.74) is 0.593. The maximum atomic E-state index is 13.3. The van der Waals surface area contributed by atoms with Gasteiger partial charge in [0.2, 0.25) is 5.91 Å². The van der Waals surface area contributed by atoms with Gasteiger partial charge in [0.1, 0.15) is 0 Å². The zero-order valence-corrected chi connectivity index (χ0v) is 14.3. The van der Waals surface area contributed by atoms with Crippen molar-refractivity contribution in [3.8, 4) is 0 Å². The van der Waals surface area contributed by atoms with E-state index in [0.717, 1.165) is 30.2 Å². The molecule has 0 radical (unpaired) electrons. The van der Waals surface area contributed by atoms with Gasteiger partial charge in [-0.1, -0.05) is 6.07 Å². The van der Waals surface area contributed by atoms with Gasteiger partial charge in [-0.3, -0.25) is 4.79 Å². The van der Waals surface area contributed by atoms with Crippen LogP contribution in [-0.4, -0.2) is 41.9 Å². The molecule has 0 aliphatic carbocycles. The van der Waals surface area contributed by atoms with Gasteiger partial charge in [0, 0.05) is 37.6 Å². The first-order valence-corrected chi connectivity index (χ1v) is 8.16. The summed E-state index contributed by atoms with van der Waals surface area (Å²) >= 11 is 1.84. The van der Waals surface area contributed by atoms with Crippen molar-refractivity contribution < 1.29 is 13.6 Å². The molecule has 1 saturated heterocycles. The largest absolute Gasteiger partial charge is 0.339 e. The molecular formula is C15H21ClF2N2OS. The molecule has 1 fully saturated rings. The Morgan fingerprint density at radius 2 is 2.18 bits per heavy atom. The van der Waals surface area contributed by atoms with Gasteiger partial charge in [-0.05, 0) is 24.6 Å². The second-order valence-electron chi connectivity index (χ2n) is 5.28. The maximum absolute atomic E-state index is 13.3. The number of nitrogens with one attached hydrogen (secondary N) is 1. The van der Waals surface area contributed by atoms with Crippen molar-refractivity contribution in [1.29, 1.82) is 0 Å². The number of hydrogen-bond donors (Lipinski definition) is 1. The van der Waals surface area contributed by atoms with E-state index in [1.165, 1.54) is 6.07 Å². The highest BCUT2D eigenvalue weighted by Gasteiger charge is 2.23. The Morgan fingerprint density at radius 1 is 1.45 bits per heavy atom. The van der Waals surface area contributed by atoms with Crippen molar-refractivity contribution in [2.45, 2.75) is 25.4 Å². The van der Waals surface area contributed by atoms with Gasteiger partial charge >= 0.3 is 0 Å². The Morgan fingerprint density at radius 3 is 2.77 bits per heavy atom. The van der Waals surface area contributed by atoms with E-state index in [-0.39, 0.29) is 30.4 Å². The number of rotatable bonds is 4. The first-order chi connectivity index (χ1) is 9.99. The number of halogens is 3. The lowest BCUT2D eigenvalue weighted by Crippen LogP contribution is -2.42. The SMILES string of the molecule is CC(c1ccc(F)c(F)c1)N(C)C(=O)CC1CSCCN1.Cl. The third-order valence-corrected chi connectivity index (χ3v) is 4.95. The van der Waals surface area contributed by atoms with E-state index in [4.69, 9.17) is 0 Å². The Hall–Kier alpha value is -0.850. The molecule has 7 heteroatoms. The van der Waals surface area contributed by atoms with Crippen LogP contribution in [0.3, 0.4) is 0 Å². The summed E-state index contributed by atoms with van der Waals surface area (Å²) in [5, 5.41) is 3.32. The average molecular weight is 351 g/mol. The standard InChI is InChI=1S/C15H20F2N2OS.ClH/c1-10(11-3-4-13(16)14(17)7-11)19(2)15(20)8-12-9-21-6-5-18-12;/h3-4,7,10,12,18H,5-6,8-9H2,1-2H3;1H. The summed E-state index contributed by atoms with van der Waals surface area (Å²) in [7, 11) is 1.70. The van der Waals surface area contributed by atoms with E-state index in [0.29, 0.717) is 12.0 Å². The van der Waals surface area contributed by atoms with Crippen LogP contribution in [0.2, 0.25) is 0 Å². The molecule has 0 aromatic heterocycles. The minimum Gasteiger partial charge on any atom is -0.339 e. The van der Waals surface area contributed by atoms with E-state index < -0.39 is 11.6 Å². The second kappa shape index (κ2) is 8.70. The van der Waals surface area contributed by atoms with Crippen LogP contribution in [0.15, 0.2) is 18.2 Å². The molecule has 1 amide bonds. The van der Waals surface area contributed by atoms with E-state index in [1.807, 2.05) is 18.7 Å². The van der Waals surface area contributed by atoms with Crippen LogP contribution < -0.4 is 5.32 Å². The van der Waals surface area contributed by atoms with Crippen molar-refractivity contribution in [2.24, 2.45) is 0 Å². The van der Waals surface area contributed by atoms with Gasteiger partial charge in [-0.2, -0.15) is 11.8 Å².